The van der Waals surface area contributed by atoms with Crippen LogP contribution in [0.5, 0.6) is 0 Å². The molecule has 5 rings (SSSR count). The van der Waals surface area contributed by atoms with Gasteiger partial charge in [-0.05, 0) is 41.1 Å². The van der Waals surface area contributed by atoms with Gasteiger partial charge in [-0.2, -0.15) is 0 Å². The van der Waals surface area contributed by atoms with E-state index in [2.05, 4.69) is 9.97 Å². The number of nitrogens with two attached hydrogens (primary N) is 1. The predicted molar refractivity (Wildman–Crippen MR) is 99.5 cm³/mol. The van der Waals surface area contributed by atoms with Gasteiger partial charge in [0.1, 0.15) is 11.3 Å². The molecule has 25 heavy (non-hydrogen) atoms. The number of nitrogens with zero attached hydrogens (tertiary/aromatic N) is 1. The second kappa shape index (κ2) is 4.95. The zero-order chi connectivity index (χ0) is 17.0. The molecule has 5 nitrogen and oxygen atoms in total. The van der Waals surface area contributed by atoms with Crippen molar-refractivity contribution in [2.45, 2.75) is 0 Å². The summed E-state index contributed by atoms with van der Waals surface area (Å²) in [5.41, 5.74) is 8.57. The molecule has 0 spiro atoms. The lowest BCUT2D eigenvalue weighted by atomic mass is 10.1. The zero-order valence-corrected chi connectivity index (χ0v) is 13.1. The van der Waals surface area contributed by atoms with Gasteiger partial charge in [0.2, 0.25) is 0 Å². The fourth-order valence-electron chi connectivity index (χ4n) is 3.17. The molecule has 0 aliphatic carbocycles. The Labute approximate surface area is 141 Å². The summed E-state index contributed by atoms with van der Waals surface area (Å²) in [6, 6.07) is 18.8. The first-order chi connectivity index (χ1) is 12.2. The number of rotatable bonds is 1. The number of imidazole rings is 1. The SMILES string of the molecule is Nc1nc2ccc(-c3cc(=O)c4cc5ccccc5cc4o3)cc2[nH]1. The molecule has 5 heteroatoms. The van der Waals surface area contributed by atoms with E-state index in [-0.39, 0.29) is 5.43 Å². The normalized spacial score (nSPS) is 11.5. The third-order valence-electron chi connectivity index (χ3n) is 4.38. The highest BCUT2D eigenvalue weighted by molar-refractivity contribution is 5.96. The number of hydrogen-bond donors (Lipinski definition) is 2. The van der Waals surface area contributed by atoms with Gasteiger partial charge in [-0.1, -0.05) is 24.3 Å². The molecule has 0 bridgehead atoms. The first kappa shape index (κ1) is 13.8. The average Bonchev–Trinajstić information content (AvgIpc) is 2.99. The Bertz CT molecular complexity index is 1330. The van der Waals surface area contributed by atoms with E-state index in [0.29, 0.717) is 22.7 Å². The van der Waals surface area contributed by atoms with Gasteiger partial charge in [-0.3, -0.25) is 4.79 Å². The molecular formula is C20H13N3O2. The molecule has 5 aromatic rings. The van der Waals surface area contributed by atoms with Crippen LogP contribution in [0.1, 0.15) is 0 Å². The maximum atomic E-state index is 12.6. The number of aromatic nitrogens is 2. The van der Waals surface area contributed by atoms with Gasteiger partial charge >= 0.3 is 0 Å². The molecule has 2 aromatic heterocycles. The molecule has 0 fully saturated rings. The molecule has 0 saturated carbocycles. The highest BCUT2D eigenvalue weighted by Gasteiger charge is 2.10. The van der Waals surface area contributed by atoms with Crippen molar-refractivity contribution in [1.29, 1.82) is 0 Å². The maximum absolute atomic E-state index is 12.6. The molecule has 0 aliphatic heterocycles. The molecule has 0 unspecified atom stereocenters. The number of fused-ring (bicyclic) bond motifs is 3. The second-order valence-corrected chi connectivity index (χ2v) is 6.02. The summed E-state index contributed by atoms with van der Waals surface area (Å²) >= 11 is 0. The van der Waals surface area contributed by atoms with Crippen LogP contribution in [-0.2, 0) is 0 Å². The van der Waals surface area contributed by atoms with E-state index < -0.39 is 0 Å². The standard InChI is InChI=1S/C20H13N3O2/c21-20-22-15-6-5-13(8-16(15)23-20)18-10-17(24)14-7-11-3-1-2-4-12(11)9-19(14)25-18/h1-10H,(H3,21,22,23). The quantitative estimate of drug-likeness (QED) is 0.454. The van der Waals surface area contributed by atoms with Gasteiger partial charge < -0.3 is 15.1 Å². The Kier molecular flexibility index (Phi) is 2.73. The summed E-state index contributed by atoms with van der Waals surface area (Å²) in [4.78, 5) is 19.8. The number of nitrogen functional groups attached to an aromatic ring is 1. The molecule has 0 saturated heterocycles. The minimum atomic E-state index is -0.0637. The Morgan fingerprint density at radius 2 is 1.76 bits per heavy atom. The molecule has 3 aromatic carbocycles. The van der Waals surface area contributed by atoms with Crippen LogP contribution in [0.3, 0.4) is 0 Å². The molecular weight excluding hydrogens is 314 g/mol. The van der Waals surface area contributed by atoms with Gasteiger partial charge in [0.05, 0.1) is 16.4 Å². The van der Waals surface area contributed by atoms with E-state index in [9.17, 15) is 4.79 Å². The van der Waals surface area contributed by atoms with Crippen LogP contribution < -0.4 is 11.2 Å². The highest BCUT2D eigenvalue weighted by Crippen LogP contribution is 2.27. The van der Waals surface area contributed by atoms with Crippen molar-refractivity contribution in [3.8, 4) is 11.3 Å². The lowest BCUT2D eigenvalue weighted by Gasteiger charge is -2.05. The van der Waals surface area contributed by atoms with E-state index >= 15 is 0 Å². The summed E-state index contributed by atoms with van der Waals surface area (Å²) in [6.07, 6.45) is 0. The van der Waals surface area contributed by atoms with E-state index in [1.165, 1.54) is 6.07 Å². The number of anilines is 1. The molecule has 0 atom stereocenters. The summed E-state index contributed by atoms with van der Waals surface area (Å²) in [6.45, 7) is 0. The predicted octanol–water partition coefficient (Wildman–Crippen LogP) is 4.07. The van der Waals surface area contributed by atoms with Gasteiger partial charge in [0.25, 0.3) is 0 Å². The van der Waals surface area contributed by atoms with Crippen molar-refractivity contribution in [3.05, 3.63) is 70.9 Å². The van der Waals surface area contributed by atoms with Crippen molar-refractivity contribution in [1.82, 2.24) is 9.97 Å². The van der Waals surface area contributed by atoms with Gasteiger partial charge in [0, 0.05) is 11.6 Å². The van der Waals surface area contributed by atoms with E-state index in [1.807, 2.05) is 54.6 Å². The zero-order valence-electron chi connectivity index (χ0n) is 13.1. The van der Waals surface area contributed by atoms with Crippen LogP contribution in [0.15, 0.2) is 69.9 Å². The van der Waals surface area contributed by atoms with Gasteiger partial charge in [-0.25, -0.2) is 4.98 Å². The molecule has 2 heterocycles. The third kappa shape index (κ3) is 2.17. The van der Waals surface area contributed by atoms with Crippen LogP contribution in [0.4, 0.5) is 5.95 Å². The van der Waals surface area contributed by atoms with Crippen molar-refractivity contribution in [2.75, 3.05) is 5.73 Å². The number of nitrogens with one attached hydrogen (secondary N) is 1. The summed E-state index contributed by atoms with van der Waals surface area (Å²) < 4.78 is 6.03. The smallest absolute Gasteiger partial charge is 0.198 e. The van der Waals surface area contributed by atoms with Crippen molar-refractivity contribution >= 4 is 38.7 Å². The Morgan fingerprint density at radius 1 is 0.960 bits per heavy atom. The van der Waals surface area contributed by atoms with Crippen molar-refractivity contribution in [2.24, 2.45) is 0 Å². The summed E-state index contributed by atoms with van der Waals surface area (Å²) in [7, 11) is 0. The molecule has 0 radical (unpaired) electrons. The molecule has 3 N–H and O–H groups in total. The van der Waals surface area contributed by atoms with Crippen LogP contribution in [0.2, 0.25) is 0 Å². The number of hydrogen-bond acceptors (Lipinski definition) is 4. The van der Waals surface area contributed by atoms with Crippen LogP contribution in [-0.4, -0.2) is 9.97 Å². The van der Waals surface area contributed by atoms with Gasteiger partial charge in [-0.15, -0.1) is 0 Å². The average molecular weight is 327 g/mol. The second-order valence-electron chi connectivity index (χ2n) is 6.02. The molecule has 0 amide bonds. The third-order valence-corrected chi connectivity index (χ3v) is 4.38. The first-order valence-corrected chi connectivity index (χ1v) is 7.90. The van der Waals surface area contributed by atoms with E-state index in [4.69, 9.17) is 10.2 Å². The number of aromatic amines is 1. The van der Waals surface area contributed by atoms with E-state index in [1.54, 1.807) is 0 Å². The lowest BCUT2D eigenvalue weighted by molar-refractivity contribution is 0.619. The molecule has 0 aliphatic rings. The largest absolute Gasteiger partial charge is 0.456 e. The van der Waals surface area contributed by atoms with Crippen molar-refractivity contribution < 1.29 is 4.42 Å². The maximum Gasteiger partial charge on any atom is 0.198 e. The molecule has 120 valence electrons. The first-order valence-electron chi connectivity index (χ1n) is 7.90. The topological polar surface area (TPSA) is 84.9 Å². The Hall–Kier alpha value is -3.60. The summed E-state index contributed by atoms with van der Waals surface area (Å²) in [5.74, 6) is 0.876. The van der Waals surface area contributed by atoms with Crippen LogP contribution in [0.25, 0.3) is 44.1 Å². The fraction of sp³-hybridized carbons (Fsp3) is 0. The Morgan fingerprint density at radius 3 is 2.60 bits per heavy atom. The van der Waals surface area contributed by atoms with Crippen LogP contribution >= 0.6 is 0 Å². The minimum Gasteiger partial charge on any atom is -0.456 e. The Balaban J connectivity index is 1.77. The lowest BCUT2D eigenvalue weighted by Crippen LogP contribution is -2.00. The van der Waals surface area contributed by atoms with E-state index in [0.717, 1.165) is 27.4 Å². The number of benzene rings is 3. The number of H-pyrrole nitrogens is 1. The van der Waals surface area contributed by atoms with Crippen molar-refractivity contribution in [3.63, 3.8) is 0 Å². The van der Waals surface area contributed by atoms with Gasteiger partial charge in [0.15, 0.2) is 11.4 Å². The summed E-state index contributed by atoms with van der Waals surface area (Å²) in [5, 5.41) is 2.63. The fourth-order valence-corrected chi connectivity index (χ4v) is 3.17. The highest BCUT2D eigenvalue weighted by atomic mass is 16.3. The minimum absolute atomic E-state index is 0.0637. The van der Waals surface area contributed by atoms with Crippen LogP contribution in [0, 0.1) is 0 Å². The monoisotopic (exact) mass is 327 g/mol.